The Morgan fingerprint density at radius 2 is 2.08 bits per heavy atom. The molecule has 0 amide bonds. The van der Waals surface area contributed by atoms with Gasteiger partial charge in [-0.2, -0.15) is 4.98 Å². The fraction of sp³-hybridized carbons (Fsp3) is 0.533. The van der Waals surface area contributed by atoms with Crippen molar-refractivity contribution in [2.75, 3.05) is 28.3 Å². The summed E-state index contributed by atoms with van der Waals surface area (Å²) in [5, 5.41) is 6.98. The van der Waals surface area contributed by atoms with E-state index in [1.54, 1.807) is 6.07 Å². The minimum atomic E-state index is -2.96. The summed E-state index contributed by atoms with van der Waals surface area (Å²) in [4.78, 5) is 11.0. The molecule has 2 aromatic heterocycles. The summed E-state index contributed by atoms with van der Waals surface area (Å²) in [6, 6.07) is 3.51. The van der Waals surface area contributed by atoms with Crippen molar-refractivity contribution in [3.63, 3.8) is 0 Å². The van der Waals surface area contributed by atoms with Crippen LogP contribution in [0.4, 0.5) is 17.6 Å². The van der Waals surface area contributed by atoms with Crippen LogP contribution in [0.25, 0.3) is 0 Å². The van der Waals surface area contributed by atoms with Crippen molar-refractivity contribution in [2.45, 2.75) is 33.2 Å². The number of hydrogen-bond acceptors (Lipinski definition) is 8. The molecule has 1 atom stereocenters. The molecule has 2 aromatic rings. The highest BCUT2D eigenvalue weighted by molar-refractivity contribution is 7.91. The molecule has 1 unspecified atom stereocenters. The van der Waals surface area contributed by atoms with Gasteiger partial charge in [0.2, 0.25) is 5.95 Å². The molecular formula is C15H21N5O3S. The number of nitrogens with one attached hydrogen (secondary N) is 1. The van der Waals surface area contributed by atoms with Gasteiger partial charge in [0.05, 0.1) is 11.5 Å². The Labute approximate surface area is 141 Å². The zero-order valence-electron chi connectivity index (χ0n) is 14.0. The second-order valence-electron chi connectivity index (χ2n) is 5.99. The van der Waals surface area contributed by atoms with E-state index in [0.29, 0.717) is 36.3 Å². The van der Waals surface area contributed by atoms with E-state index in [4.69, 9.17) is 4.52 Å². The van der Waals surface area contributed by atoms with Crippen molar-refractivity contribution in [3.05, 3.63) is 23.6 Å². The summed E-state index contributed by atoms with van der Waals surface area (Å²) in [7, 11) is -2.96. The van der Waals surface area contributed by atoms with Crippen molar-refractivity contribution >= 4 is 27.4 Å². The van der Waals surface area contributed by atoms with Gasteiger partial charge >= 0.3 is 0 Å². The standard InChI is InChI=1S/C15H21N5O3S/c1-4-20(12-5-6-24(21,22)9-12)15-16-10(2)7-13(18-15)17-14-8-11(3)23-19-14/h7-8,12H,4-6,9H2,1-3H3,(H,16,17,18,19). The summed E-state index contributed by atoms with van der Waals surface area (Å²) in [5.74, 6) is 2.79. The minimum Gasteiger partial charge on any atom is -0.360 e. The average Bonchev–Trinajstić information content (AvgIpc) is 3.05. The molecule has 130 valence electrons. The molecule has 0 aliphatic carbocycles. The lowest BCUT2D eigenvalue weighted by molar-refractivity contribution is 0.400. The van der Waals surface area contributed by atoms with E-state index in [1.807, 2.05) is 31.7 Å². The van der Waals surface area contributed by atoms with Crippen molar-refractivity contribution in [3.8, 4) is 0 Å². The van der Waals surface area contributed by atoms with Crippen LogP contribution in [0.5, 0.6) is 0 Å². The Kier molecular flexibility index (Phi) is 4.44. The van der Waals surface area contributed by atoms with Crippen molar-refractivity contribution in [1.29, 1.82) is 0 Å². The number of aromatic nitrogens is 3. The highest BCUT2D eigenvalue weighted by Gasteiger charge is 2.33. The Morgan fingerprint density at radius 1 is 1.29 bits per heavy atom. The van der Waals surface area contributed by atoms with E-state index >= 15 is 0 Å². The van der Waals surface area contributed by atoms with Crippen molar-refractivity contribution in [1.82, 2.24) is 15.1 Å². The van der Waals surface area contributed by atoms with Crippen LogP contribution < -0.4 is 10.2 Å². The van der Waals surface area contributed by atoms with Crippen LogP contribution in [0.15, 0.2) is 16.7 Å². The lowest BCUT2D eigenvalue weighted by Crippen LogP contribution is -2.37. The van der Waals surface area contributed by atoms with Crippen molar-refractivity contribution in [2.24, 2.45) is 0 Å². The topological polar surface area (TPSA) is 101 Å². The molecule has 0 aromatic carbocycles. The monoisotopic (exact) mass is 351 g/mol. The predicted molar refractivity (Wildman–Crippen MR) is 91.4 cm³/mol. The molecular weight excluding hydrogens is 330 g/mol. The van der Waals surface area contributed by atoms with Gasteiger partial charge in [-0.25, -0.2) is 13.4 Å². The normalized spacial score (nSPS) is 19.4. The number of anilines is 3. The first-order chi connectivity index (χ1) is 11.4. The molecule has 3 heterocycles. The van der Waals surface area contributed by atoms with Gasteiger partial charge in [0, 0.05) is 30.4 Å². The van der Waals surface area contributed by atoms with E-state index in [1.165, 1.54) is 0 Å². The molecule has 1 N–H and O–H groups in total. The molecule has 1 saturated heterocycles. The lowest BCUT2D eigenvalue weighted by atomic mass is 10.2. The Balaban J connectivity index is 1.86. The summed E-state index contributed by atoms with van der Waals surface area (Å²) in [5.41, 5.74) is 0.794. The summed E-state index contributed by atoms with van der Waals surface area (Å²) >= 11 is 0. The molecule has 0 radical (unpaired) electrons. The number of nitrogens with zero attached hydrogens (tertiary/aromatic N) is 4. The fourth-order valence-corrected chi connectivity index (χ4v) is 4.62. The Bertz CT molecular complexity index is 833. The zero-order chi connectivity index (χ0) is 17.3. The van der Waals surface area contributed by atoms with Gasteiger partial charge in [-0.3, -0.25) is 0 Å². The Morgan fingerprint density at radius 3 is 2.67 bits per heavy atom. The second kappa shape index (κ2) is 6.39. The van der Waals surface area contributed by atoms with Crippen molar-refractivity contribution < 1.29 is 12.9 Å². The molecule has 1 fully saturated rings. The maximum Gasteiger partial charge on any atom is 0.227 e. The summed E-state index contributed by atoms with van der Waals surface area (Å²) in [6.45, 7) is 6.31. The molecule has 24 heavy (non-hydrogen) atoms. The highest BCUT2D eigenvalue weighted by atomic mass is 32.2. The molecule has 1 aliphatic rings. The van der Waals surface area contributed by atoms with Gasteiger partial charge in [0.15, 0.2) is 15.7 Å². The SMILES string of the molecule is CCN(c1nc(C)cc(Nc2cc(C)on2)n1)C1CCS(=O)(=O)C1. The van der Waals surface area contributed by atoms with Crippen LogP contribution in [-0.2, 0) is 9.84 Å². The molecule has 0 spiro atoms. The summed E-state index contributed by atoms with van der Waals surface area (Å²) in [6.07, 6.45) is 0.610. The van der Waals surface area contributed by atoms with E-state index < -0.39 is 9.84 Å². The second-order valence-corrected chi connectivity index (χ2v) is 8.21. The molecule has 1 aliphatic heterocycles. The summed E-state index contributed by atoms with van der Waals surface area (Å²) < 4.78 is 28.6. The highest BCUT2D eigenvalue weighted by Crippen LogP contribution is 2.24. The zero-order valence-corrected chi connectivity index (χ0v) is 14.8. The largest absolute Gasteiger partial charge is 0.360 e. The predicted octanol–water partition coefficient (Wildman–Crippen LogP) is 1.84. The Hall–Kier alpha value is -2.16. The van der Waals surface area contributed by atoms with E-state index in [0.717, 1.165) is 5.69 Å². The third-order valence-corrected chi connectivity index (χ3v) is 5.72. The van der Waals surface area contributed by atoms with Crippen LogP contribution in [0.1, 0.15) is 24.8 Å². The quantitative estimate of drug-likeness (QED) is 0.871. The van der Waals surface area contributed by atoms with E-state index in [9.17, 15) is 8.42 Å². The maximum atomic E-state index is 11.8. The number of rotatable bonds is 5. The van der Waals surface area contributed by atoms with Gasteiger partial charge < -0.3 is 14.7 Å². The number of aryl methyl sites for hydroxylation is 2. The van der Waals surface area contributed by atoms with E-state index in [-0.39, 0.29) is 17.5 Å². The molecule has 3 rings (SSSR count). The molecule has 8 nitrogen and oxygen atoms in total. The molecule has 9 heteroatoms. The van der Waals surface area contributed by atoms with Crippen LogP contribution in [0.3, 0.4) is 0 Å². The van der Waals surface area contributed by atoms with Crippen LogP contribution in [-0.4, -0.2) is 47.6 Å². The first-order valence-corrected chi connectivity index (χ1v) is 9.71. The van der Waals surface area contributed by atoms with Gasteiger partial charge in [0.25, 0.3) is 0 Å². The van der Waals surface area contributed by atoms with Crippen LogP contribution >= 0.6 is 0 Å². The minimum absolute atomic E-state index is 0.0797. The fourth-order valence-electron chi connectivity index (χ4n) is 2.89. The number of hydrogen-bond donors (Lipinski definition) is 1. The van der Waals surface area contributed by atoms with Gasteiger partial charge in [0.1, 0.15) is 11.6 Å². The molecule has 0 saturated carbocycles. The van der Waals surface area contributed by atoms with Gasteiger partial charge in [-0.05, 0) is 27.2 Å². The maximum absolute atomic E-state index is 11.8. The number of sulfone groups is 1. The van der Waals surface area contributed by atoms with Gasteiger partial charge in [-0.1, -0.05) is 5.16 Å². The lowest BCUT2D eigenvalue weighted by Gasteiger charge is -2.27. The first kappa shape index (κ1) is 16.7. The van der Waals surface area contributed by atoms with Crippen LogP contribution in [0, 0.1) is 13.8 Å². The first-order valence-electron chi connectivity index (χ1n) is 7.89. The van der Waals surface area contributed by atoms with Crippen LogP contribution in [0.2, 0.25) is 0 Å². The average molecular weight is 351 g/mol. The third-order valence-electron chi connectivity index (χ3n) is 3.97. The molecule has 0 bridgehead atoms. The third kappa shape index (κ3) is 3.66. The van der Waals surface area contributed by atoms with Gasteiger partial charge in [-0.15, -0.1) is 0 Å². The van der Waals surface area contributed by atoms with E-state index in [2.05, 4.69) is 20.4 Å². The smallest absolute Gasteiger partial charge is 0.227 e.